The lowest BCUT2D eigenvalue weighted by Crippen LogP contribution is -2.71. The summed E-state index contributed by atoms with van der Waals surface area (Å²) < 4.78 is 22.9. The van der Waals surface area contributed by atoms with Crippen LogP contribution in [-0.4, -0.2) is 85.5 Å². The quantitative estimate of drug-likeness (QED) is 0.0147. The minimum atomic E-state index is -1.08. The fourth-order valence-corrected chi connectivity index (χ4v) is 12.1. The minimum Gasteiger partial charge on any atom is -0.448 e. The van der Waals surface area contributed by atoms with Gasteiger partial charge in [-0.25, -0.2) is 9.78 Å². The van der Waals surface area contributed by atoms with Crippen molar-refractivity contribution in [3.8, 4) is 23.0 Å². The number of hydrogen-bond donors (Lipinski definition) is 2. The number of esters is 3. The number of carbonyl (C=O) groups is 5. The van der Waals surface area contributed by atoms with Gasteiger partial charge >= 0.3 is 17.9 Å². The van der Waals surface area contributed by atoms with Gasteiger partial charge in [0.15, 0.2) is 28.4 Å². The van der Waals surface area contributed by atoms with Gasteiger partial charge in [0.2, 0.25) is 5.89 Å². The first-order valence-electron chi connectivity index (χ1n) is 24.3. The second-order valence-electron chi connectivity index (χ2n) is 17.6. The van der Waals surface area contributed by atoms with E-state index in [1.165, 1.54) is 61.1 Å². The first kappa shape index (κ1) is 52.6. The van der Waals surface area contributed by atoms with Crippen molar-refractivity contribution in [1.82, 2.24) is 25.4 Å². The minimum absolute atomic E-state index is 0.0187. The Bertz CT molecular complexity index is 3410. The van der Waals surface area contributed by atoms with Crippen molar-refractivity contribution < 1.29 is 47.4 Å². The number of fused-ring (bicyclic) bond motifs is 1. The van der Waals surface area contributed by atoms with Gasteiger partial charge in [-0.1, -0.05) is 169 Å². The number of hydrogen-bond acceptors (Lipinski definition) is 18. The van der Waals surface area contributed by atoms with E-state index in [4.69, 9.17) is 28.4 Å². The normalized spacial score (nSPS) is 15.2. The molecule has 6 aromatic carbocycles. The second-order valence-corrected chi connectivity index (χ2v) is 20.5. The van der Waals surface area contributed by atoms with Crippen LogP contribution in [0.5, 0.6) is 11.5 Å². The molecule has 20 heteroatoms. The molecule has 1 fully saturated rings. The molecule has 8 aromatic rings. The Hall–Kier alpha value is -8.85. The number of nitrogens with one attached hydrogen (secondary N) is 2. The molecule has 2 aromatic heterocycles. The van der Waals surface area contributed by atoms with Gasteiger partial charge in [0.05, 0.1) is 0 Å². The fraction of sp³-hybridized carbons (Fsp3) is 0.155. The van der Waals surface area contributed by atoms with E-state index in [-0.39, 0.29) is 51.2 Å². The lowest BCUT2D eigenvalue weighted by molar-refractivity contribution is -0.154. The van der Waals surface area contributed by atoms with Gasteiger partial charge in [-0.3, -0.25) is 24.1 Å². The lowest BCUT2D eigenvalue weighted by Gasteiger charge is -2.49. The zero-order valence-corrected chi connectivity index (χ0v) is 44.4. The molecule has 78 heavy (non-hydrogen) atoms. The molecule has 0 unspecified atom stereocenters. The van der Waals surface area contributed by atoms with Crippen molar-refractivity contribution in [2.24, 2.45) is 5.16 Å². The van der Waals surface area contributed by atoms with E-state index >= 15 is 0 Å². The third kappa shape index (κ3) is 11.2. The zero-order valence-electron chi connectivity index (χ0n) is 41.9. The Kier molecular flexibility index (Phi) is 15.9. The summed E-state index contributed by atoms with van der Waals surface area (Å²) >= 11 is 3.76. The highest BCUT2D eigenvalue weighted by Crippen LogP contribution is 2.44. The van der Waals surface area contributed by atoms with Gasteiger partial charge in [-0.2, -0.15) is 0 Å². The number of aromatic nitrogens is 3. The molecule has 392 valence electrons. The van der Waals surface area contributed by atoms with Crippen LogP contribution in [0.25, 0.3) is 11.5 Å². The van der Waals surface area contributed by atoms with E-state index in [0.29, 0.717) is 27.4 Å². The molecular formula is C58H47N7O10S3. The Balaban J connectivity index is 0.917. The van der Waals surface area contributed by atoms with Crippen molar-refractivity contribution in [3.05, 3.63) is 220 Å². The molecule has 2 N–H and O–H groups in total. The molecule has 0 aliphatic carbocycles. The molecule has 1 saturated heterocycles. The number of amides is 2. The van der Waals surface area contributed by atoms with Crippen LogP contribution in [0.15, 0.2) is 201 Å². The van der Waals surface area contributed by atoms with Crippen LogP contribution in [0, 0.1) is 0 Å². The lowest BCUT2D eigenvalue weighted by atomic mass is 9.77. The fourth-order valence-electron chi connectivity index (χ4n) is 9.06. The topological polar surface area (TPSA) is 214 Å². The molecule has 2 aliphatic rings. The van der Waals surface area contributed by atoms with Crippen LogP contribution in [0.1, 0.15) is 53.5 Å². The van der Waals surface area contributed by atoms with Crippen molar-refractivity contribution in [3.63, 3.8) is 0 Å². The highest BCUT2D eigenvalue weighted by Gasteiger charge is 2.55. The average Bonchev–Trinajstić information content (AvgIpc) is 4.16. The van der Waals surface area contributed by atoms with Crippen LogP contribution in [0.3, 0.4) is 0 Å². The van der Waals surface area contributed by atoms with Crippen molar-refractivity contribution in [2.75, 3.05) is 23.9 Å². The molecule has 0 radical (unpaired) electrons. The van der Waals surface area contributed by atoms with Gasteiger partial charge in [0, 0.05) is 36.3 Å². The predicted octanol–water partition coefficient (Wildman–Crippen LogP) is 9.58. The maximum absolute atomic E-state index is 14.8. The molecule has 0 saturated carbocycles. The summed E-state index contributed by atoms with van der Waals surface area (Å²) in [7, 11) is 1.32. The molecular weight excluding hydrogens is 1050 g/mol. The summed E-state index contributed by atoms with van der Waals surface area (Å²) in [5, 5.41) is 20.7. The molecule has 2 aliphatic heterocycles. The summed E-state index contributed by atoms with van der Waals surface area (Å²) in [6.45, 7) is 2.43. The largest absolute Gasteiger partial charge is 0.448 e. The number of rotatable bonds is 19. The smallest absolute Gasteiger partial charge is 0.356 e. The molecule has 0 bridgehead atoms. The number of anilines is 1. The van der Waals surface area contributed by atoms with E-state index in [1.807, 2.05) is 152 Å². The van der Waals surface area contributed by atoms with Gasteiger partial charge in [0.25, 0.3) is 17.0 Å². The first-order valence-corrected chi connectivity index (χ1v) is 27.2. The number of ether oxygens (including phenoxy) is 3. The number of nitrogens with zero attached hydrogens (tertiary/aromatic N) is 5. The monoisotopic (exact) mass is 1100 g/mol. The maximum Gasteiger partial charge on any atom is 0.356 e. The third-order valence-electron chi connectivity index (χ3n) is 12.5. The number of oxime groups is 1. The summed E-state index contributed by atoms with van der Waals surface area (Å²) in [6, 6.07) is 52.0. The molecule has 2 amide bonds. The van der Waals surface area contributed by atoms with Gasteiger partial charge < -0.3 is 34.1 Å². The molecule has 0 spiro atoms. The molecule has 17 nitrogen and oxygen atoms in total. The molecule has 4 heterocycles. The van der Waals surface area contributed by atoms with E-state index in [2.05, 4.69) is 26.0 Å². The van der Waals surface area contributed by atoms with E-state index in [0.717, 1.165) is 28.5 Å². The van der Waals surface area contributed by atoms with Crippen LogP contribution in [0.2, 0.25) is 0 Å². The number of thiazole rings is 1. The Morgan fingerprint density at radius 3 is 1.90 bits per heavy atom. The number of β-lactam (4-membered cyclic amide) rings is 1. The Labute approximate surface area is 460 Å². The SMILES string of the molecule is CO/N=C(/C(=O)N[C@@H]1C(=O)N2C(C(=O)OC(c3ccccc3)c3ccccc3)=C(CSc3nnc(-c4ccc(OC(C)=O)c(OC(C)=O)c4)o3)CS[C@H]12)c1csc(NC(c2ccccc2)(c2ccccc2)c2ccccc2)n1. The third-order valence-corrected chi connectivity index (χ3v) is 15.5. The Morgan fingerprint density at radius 1 is 0.769 bits per heavy atom. The molecule has 10 rings (SSSR count). The van der Waals surface area contributed by atoms with Crippen molar-refractivity contribution >= 4 is 75.4 Å². The summed E-state index contributed by atoms with van der Waals surface area (Å²) in [5.74, 6) is -2.85. The average molecular weight is 1100 g/mol. The standard InChI is InChI=1S/C58H47N7O10S3/c1-35(66)72-45-30-29-39(31-46(45)73-36(2)67)52-62-63-57(75-52)78-33-40-32-76-54-48(53(69)65(54)49(40)55(70)74-50(37-19-9-4-10-20-37)38-21-11-5-12-22-38)60-51(68)47(64-71-3)44-34-77-56(59-44)61-58(41-23-13-6-14-24-41,42-25-15-7-16-26-42)43-27-17-8-18-28-43/h4-31,34,48,50,54H,32-33H2,1-3H3,(H,59,61)(H,60,68)/b64-47+/t48-,54-/m1/s1. The number of thioether (sulfide) groups is 2. The number of carbonyl (C=O) groups excluding carboxylic acids is 5. The first-order chi connectivity index (χ1) is 38.0. The van der Waals surface area contributed by atoms with Crippen LogP contribution >= 0.6 is 34.9 Å². The van der Waals surface area contributed by atoms with Crippen molar-refractivity contribution in [2.45, 2.75) is 42.1 Å². The maximum atomic E-state index is 14.8. The van der Waals surface area contributed by atoms with Crippen LogP contribution < -0.4 is 20.1 Å². The summed E-state index contributed by atoms with van der Waals surface area (Å²) in [4.78, 5) is 78.9. The van der Waals surface area contributed by atoms with Gasteiger partial charge in [-0.15, -0.1) is 33.3 Å². The Morgan fingerprint density at radius 2 is 1.33 bits per heavy atom. The second kappa shape index (κ2) is 23.6. The highest BCUT2D eigenvalue weighted by molar-refractivity contribution is 8.01. The van der Waals surface area contributed by atoms with Crippen molar-refractivity contribution in [1.29, 1.82) is 0 Å². The van der Waals surface area contributed by atoms with Crippen LogP contribution in [-0.2, 0) is 39.1 Å². The van der Waals surface area contributed by atoms with Gasteiger partial charge in [0.1, 0.15) is 35.5 Å². The molecule has 2 atom stereocenters. The van der Waals surface area contributed by atoms with Gasteiger partial charge in [-0.05, 0) is 51.6 Å². The van der Waals surface area contributed by atoms with E-state index in [9.17, 15) is 24.0 Å². The summed E-state index contributed by atoms with van der Waals surface area (Å²) in [6.07, 6.45) is -0.840. The predicted molar refractivity (Wildman–Crippen MR) is 294 cm³/mol. The summed E-state index contributed by atoms with van der Waals surface area (Å²) in [5.41, 5.74) is 4.35. The zero-order chi connectivity index (χ0) is 54.2. The van der Waals surface area contributed by atoms with Crippen LogP contribution in [0.4, 0.5) is 5.13 Å². The number of benzene rings is 6. The van der Waals surface area contributed by atoms with E-state index in [1.54, 1.807) is 11.4 Å². The highest BCUT2D eigenvalue weighted by atomic mass is 32.2. The van der Waals surface area contributed by atoms with E-state index < -0.39 is 52.8 Å².